The summed E-state index contributed by atoms with van der Waals surface area (Å²) in [6.45, 7) is 1.72. The maximum atomic E-state index is 14.2. The Morgan fingerprint density at radius 2 is 2.09 bits per heavy atom. The number of alkyl halides is 1. The zero-order chi connectivity index (χ0) is 16.4. The topological polar surface area (TPSA) is 47.0 Å². The van der Waals surface area contributed by atoms with E-state index >= 15 is 0 Å². The molecule has 0 saturated heterocycles. The van der Waals surface area contributed by atoms with Gasteiger partial charge in [0.25, 0.3) is 0 Å². The SMILES string of the molecule is COc1cc2ncnc(Nc3cccc(C)c3F)c2cc1CCl. The maximum Gasteiger partial charge on any atom is 0.149 e. The largest absolute Gasteiger partial charge is 0.496 e. The molecular weight excluding hydrogens is 317 g/mol. The van der Waals surface area contributed by atoms with Crippen LogP contribution >= 0.6 is 11.6 Å². The number of fused-ring (bicyclic) bond motifs is 1. The fourth-order valence-electron chi connectivity index (χ4n) is 2.39. The van der Waals surface area contributed by atoms with E-state index in [4.69, 9.17) is 16.3 Å². The molecule has 0 radical (unpaired) electrons. The maximum absolute atomic E-state index is 14.2. The first-order valence-corrected chi connectivity index (χ1v) is 7.57. The second-order valence-electron chi connectivity index (χ2n) is 5.10. The third kappa shape index (κ3) is 2.92. The monoisotopic (exact) mass is 331 g/mol. The zero-order valence-electron chi connectivity index (χ0n) is 12.7. The number of benzene rings is 2. The van der Waals surface area contributed by atoms with Gasteiger partial charge in [-0.05, 0) is 24.6 Å². The van der Waals surface area contributed by atoms with Crippen molar-refractivity contribution in [1.29, 1.82) is 0 Å². The molecule has 3 rings (SSSR count). The highest BCUT2D eigenvalue weighted by Crippen LogP contribution is 2.31. The van der Waals surface area contributed by atoms with Crippen molar-refractivity contribution in [1.82, 2.24) is 9.97 Å². The van der Waals surface area contributed by atoms with Crippen LogP contribution in [0, 0.1) is 12.7 Å². The van der Waals surface area contributed by atoms with E-state index in [2.05, 4.69) is 15.3 Å². The average Bonchev–Trinajstić information content (AvgIpc) is 2.58. The van der Waals surface area contributed by atoms with Crippen molar-refractivity contribution in [2.24, 2.45) is 0 Å². The number of hydrogen-bond acceptors (Lipinski definition) is 4. The van der Waals surface area contributed by atoms with Gasteiger partial charge < -0.3 is 10.1 Å². The van der Waals surface area contributed by atoms with E-state index in [0.29, 0.717) is 34.2 Å². The Balaban J connectivity index is 2.12. The van der Waals surface area contributed by atoms with Crippen LogP contribution < -0.4 is 10.1 Å². The highest BCUT2D eigenvalue weighted by molar-refractivity contribution is 6.17. The van der Waals surface area contributed by atoms with E-state index in [1.165, 1.54) is 6.33 Å². The number of aromatic nitrogens is 2. The molecule has 0 atom stereocenters. The van der Waals surface area contributed by atoms with Crippen molar-refractivity contribution < 1.29 is 9.13 Å². The van der Waals surface area contributed by atoms with E-state index < -0.39 is 0 Å². The number of rotatable bonds is 4. The van der Waals surface area contributed by atoms with Crippen molar-refractivity contribution in [3.05, 3.63) is 53.6 Å². The zero-order valence-corrected chi connectivity index (χ0v) is 13.5. The standard InChI is InChI=1S/C17H15ClFN3O/c1-10-4-3-5-13(16(10)19)22-17-12-6-11(8-18)15(23-2)7-14(12)20-9-21-17/h3-7,9H,8H2,1-2H3,(H,20,21,22). The summed E-state index contributed by atoms with van der Waals surface area (Å²) in [4.78, 5) is 8.47. The molecule has 0 amide bonds. The minimum absolute atomic E-state index is 0.298. The minimum Gasteiger partial charge on any atom is -0.496 e. The van der Waals surface area contributed by atoms with Crippen LogP contribution in [0.1, 0.15) is 11.1 Å². The van der Waals surface area contributed by atoms with Gasteiger partial charge in [-0.1, -0.05) is 12.1 Å². The van der Waals surface area contributed by atoms with Gasteiger partial charge in [0.1, 0.15) is 23.7 Å². The fraction of sp³-hybridized carbons (Fsp3) is 0.176. The number of anilines is 2. The number of hydrogen-bond donors (Lipinski definition) is 1. The molecule has 0 spiro atoms. The van der Waals surface area contributed by atoms with Crippen LogP contribution in [0.2, 0.25) is 0 Å². The number of methoxy groups -OCH3 is 1. The molecule has 0 aliphatic carbocycles. The summed E-state index contributed by atoms with van der Waals surface area (Å²) < 4.78 is 19.5. The third-order valence-corrected chi connectivity index (χ3v) is 3.91. The van der Waals surface area contributed by atoms with Gasteiger partial charge in [0, 0.05) is 17.0 Å². The van der Waals surface area contributed by atoms with Gasteiger partial charge in [0.05, 0.1) is 24.2 Å². The van der Waals surface area contributed by atoms with Crippen molar-refractivity contribution in [2.45, 2.75) is 12.8 Å². The molecule has 23 heavy (non-hydrogen) atoms. The average molecular weight is 332 g/mol. The smallest absolute Gasteiger partial charge is 0.149 e. The predicted molar refractivity (Wildman–Crippen MR) is 90.1 cm³/mol. The Labute approximate surface area is 138 Å². The highest BCUT2D eigenvalue weighted by Gasteiger charge is 2.12. The number of nitrogens with zero attached hydrogens (tertiary/aromatic N) is 2. The molecule has 0 saturated carbocycles. The normalized spacial score (nSPS) is 10.8. The van der Waals surface area contributed by atoms with Crippen molar-refractivity contribution >= 4 is 34.0 Å². The molecule has 0 bridgehead atoms. The number of aryl methyl sites for hydroxylation is 1. The predicted octanol–water partition coefficient (Wildman–Crippen LogP) is 4.57. The number of ether oxygens (including phenoxy) is 1. The molecule has 2 aromatic carbocycles. The molecule has 1 heterocycles. The summed E-state index contributed by atoms with van der Waals surface area (Å²) in [6, 6.07) is 8.83. The number of halogens is 2. The van der Waals surface area contributed by atoms with Gasteiger partial charge in [-0.25, -0.2) is 14.4 Å². The van der Waals surface area contributed by atoms with E-state index in [1.54, 1.807) is 38.3 Å². The summed E-state index contributed by atoms with van der Waals surface area (Å²) in [7, 11) is 1.58. The van der Waals surface area contributed by atoms with Crippen molar-refractivity contribution in [3.63, 3.8) is 0 Å². The summed E-state index contributed by atoms with van der Waals surface area (Å²) in [6.07, 6.45) is 1.43. The van der Waals surface area contributed by atoms with Crippen LogP contribution in [0.25, 0.3) is 10.9 Å². The molecule has 4 nitrogen and oxygen atoms in total. The van der Waals surface area contributed by atoms with Crippen LogP contribution in [0.4, 0.5) is 15.9 Å². The lowest BCUT2D eigenvalue weighted by Gasteiger charge is -2.12. The Morgan fingerprint density at radius 3 is 2.83 bits per heavy atom. The van der Waals surface area contributed by atoms with Gasteiger partial charge in [-0.3, -0.25) is 0 Å². The molecule has 1 aromatic heterocycles. The highest BCUT2D eigenvalue weighted by atomic mass is 35.5. The van der Waals surface area contributed by atoms with Crippen LogP contribution in [0.15, 0.2) is 36.7 Å². The lowest BCUT2D eigenvalue weighted by Crippen LogP contribution is -2.00. The quantitative estimate of drug-likeness (QED) is 0.711. The van der Waals surface area contributed by atoms with Gasteiger partial charge in [-0.2, -0.15) is 0 Å². The molecule has 0 aliphatic rings. The van der Waals surface area contributed by atoms with E-state index in [-0.39, 0.29) is 5.82 Å². The molecule has 6 heteroatoms. The fourth-order valence-corrected chi connectivity index (χ4v) is 2.60. The second-order valence-corrected chi connectivity index (χ2v) is 5.37. The Kier molecular flexibility index (Phi) is 4.30. The first-order valence-electron chi connectivity index (χ1n) is 7.03. The summed E-state index contributed by atoms with van der Waals surface area (Å²) >= 11 is 5.97. The van der Waals surface area contributed by atoms with Crippen LogP contribution in [-0.2, 0) is 5.88 Å². The molecular formula is C17H15ClFN3O. The van der Waals surface area contributed by atoms with E-state index in [1.807, 2.05) is 6.07 Å². The minimum atomic E-state index is -0.301. The summed E-state index contributed by atoms with van der Waals surface area (Å²) in [5.41, 5.74) is 2.45. The lowest BCUT2D eigenvalue weighted by molar-refractivity contribution is 0.412. The van der Waals surface area contributed by atoms with Crippen molar-refractivity contribution in [2.75, 3.05) is 12.4 Å². The van der Waals surface area contributed by atoms with Crippen LogP contribution in [0.3, 0.4) is 0 Å². The van der Waals surface area contributed by atoms with E-state index in [0.717, 1.165) is 10.9 Å². The summed E-state index contributed by atoms with van der Waals surface area (Å²) in [5.74, 6) is 1.18. The van der Waals surface area contributed by atoms with Gasteiger partial charge in [-0.15, -0.1) is 11.6 Å². The first-order chi connectivity index (χ1) is 11.1. The van der Waals surface area contributed by atoms with Gasteiger partial charge >= 0.3 is 0 Å². The first kappa shape index (κ1) is 15.5. The van der Waals surface area contributed by atoms with Crippen molar-refractivity contribution in [3.8, 4) is 5.75 Å². The Morgan fingerprint density at radius 1 is 1.26 bits per heavy atom. The lowest BCUT2D eigenvalue weighted by atomic mass is 10.1. The summed E-state index contributed by atoms with van der Waals surface area (Å²) in [5, 5.41) is 3.79. The number of nitrogens with one attached hydrogen (secondary N) is 1. The van der Waals surface area contributed by atoms with Gasteiger partial charge in [0.2, 0.25) is 0 Å². The molecule has 3 aromatic rings. The van der Waals surface area contributed by atoms with Gasteiger partial charge in [0.15, 0.2) is 0 Å². The third-order valence-electron chi connectivity index (χ3n) is 3.63. The molecule has 0 unspecified atom stereocenters. The second kappa shape index (κ2) is 6.38. The van der Waals surface area contributed by atoms with Crippen LogP contribution in [-0.4, -0.2) is 17.1 Å². The molecule has 0 aliphatic heterocycles. The Bertz CT molecular complexity index is 870. The van der Waals surface area contributed by atoms with Crippen LogP contribution in [0.5, 0.6) is 5.75 Å². The molecule has 1 N–H and O–H groups in total. The Hall–Kier alpha value is -2.40. The molecule has 118 valence electrons. The molecule has 0 fully saturated rings. The van der Waals surface area contributed by atoms with E-state index in [9.17, 15) is 4.39 Å².